The summed E-state index contributed by atoms with van der Waals surface area (Å²) in [6, 6.07) is 7.73. The maximum Gasteiger partial charge on any atom is 0.189 e. The smallest absolute Gasteiger partial charge is 0.189 e. The largest absolute Gasteiger partial charge is 0.497 e. The van der Waals surface area contributed by atoms with Crippen molar-refractivity contribution in [2.75, 3.05) is 7.11 Å². The molecule has 1 aromatic heterocycles. The molecule has 2 nitrogen and oxygen atoms in total. The van der Waals surface area contributed by atoms with E-state index in [9.17, 15) is 4.79 Å². The van der Waals surface area contributed by atoms with Crippen molar-refractivity contribution in [2.45, 2.75) is 12.8 Å². The number of fused-ring (bicyclic) bond motifs is 1. The van der Waals surface area contributed by atoms with E-state index in [1.165, 1.54) is 0 Å². The number of rotatable bonds is 2. The van der Waals surface area contributed by atoms with Gasteiger partial charge in [-0.25, -0.2) is 0 Å². The Bertz CT molecular complexity index is 639. The number of thiophene rings is 1. The van der Waals surface area contributed by atoms with Gasteiger partial charge in [0, 0.05) is 11.1 Å². The van der Waals surface area contributed by atoms with Crippen molar-refractivity contribution in [3.63, 3.8) is 0 Å². The van der Waals surface area contributed by atoms with Gasteiger partial charge in [-0.2, -0.15) is 11.3 Å². The SMILES string of the molecule is COc1ccc2c(c1)CC/C(=C/c1ccsc1)C2=O. The van der Waals surface area contributed by atoms with Gasteiger partial charge in [0.25, 0.3) is 0 Å². The molecule has 2 aromatic rings. The van der Waals surface area contributed by atoms with Crippen LogP contribution < -0.4 is 4.74 Å². The summed E-state index contributed by atoms with van der Waals surface area (Å²) < 4.78 is 5.20. The number of hydrogen-bond donors (Lipinski definition) is 0. The highest BCUT2D eigenvalue weighted by molar-refractivity contribution is 7.08. The van der Waals surface area contributed by atoms with E-state index in [2.05, 4.69) is 5.38 Å². The van der Waals surface area contributed by atoms with Gasteiger partial charge in [-0.3, -0.25) is 4.79 Å². The van der Waals surface area contributed by atoms with Gasteiger partial charge >= 0.3 is 0 Å². The lowest BCUT2D eigenvalue weighted by Gasteiger charge is -2.18. The first-order chi connectivity index (χ1) is 9.28. The third-order valence-corrected chi connectivity index (χ3v) is 4.10. The highest BCUT2D eigenvalue weighted by atomic mass is 32.1. The van der Waals surface area contributed by atoms with Crippen molar-refractivity contribution >= 4 is 23.2 Å². The van der Waals surface area contributed by atoms with Crippen molar-refractivity contribution in [1.29, 1.82) is 0 Å². The van der Waals surface area contributed by atoms with Crippen LogP contribution in [0, 0.1) is 0 Å². The van der Waals surface area contributed by atoms with Gasteiger partial charge in [-0.15, -0.1) is 0 Å². The number of hydrogen-bond acceptors (Lipinski definition) is 3. The van der Waals surface area contributed by atoms with Crippen LogP contribution in [-0.4, -0.2) is 12.9 Å². The molecule has 0 bridgehead atoms. The molecule has 0 fully saturated rings. The molecule has 96 valence electrons. The Morgan fingerprint density at radius 2 is 2.16 bits per heavy atom. The van der Waals surface area contributed by atoms with Crippen LogP contribution in [0.15, 0.2) is 40.6 Å². The van der Waals surface area contributed by atoms with Crippen LogP contribution in [0.2, 0.25) is 0 Å². The van der Waals surface area contributed by atoms with Crippen LogP contribution in [0.4, 0.5) is 0 Å². The normalized spacial score (nSPS) is 16.5. The van der Waals surface area contributed by atoms with Crippen LogP contribution in [0.5, 0.6) is 5.75 Å². The number of benzene rings is 1. The summed E-state index contributed by atoms with van der Waals surface area (Å²) in [6.45, 7) is 0. The van der Waals surface area contributed by atoms with Gasteiger partial charge in [0.15, 0.2) is 5.78 Å². The molecule has 0 N–H and O–H groups in total. The lowest BCUT2D eigenvalue weighted by molar-refractivity contribution is 0.102. The van der Waals surface area contributed by atoms with Crippen molar-refractivity contribution < 1.29 is 9.53 Å². The molecule has 0 unspecified atom stereocenters. The summed E-state index contributed by atoms with van der Waals surface area (Å²) in [6.07, 6.45) is 3.70. The number of methoxy groups -OCH3 is 1. The number of ether oxygens (including phenoxy) is 1. The van der Waals surface area contributed by atoms with Crippen molar-refractivity contribution in [3.05, 3.63) is 57.3 Å². The number of allylic oxidation sites excluding steroid dienone is 1. The van der Waals surface area contributed by atoms with Crippen LogP contribution in [-0.2, 0) is 6.42 Å². The molecular weight excluding hydrogens is 256 g/mol. The van der Waals surface area contributed by atoms with Crippen molar-refractivity contribution in [3.8, 4) is 5.75 Å². The van der Waals surface area contributed by atoms with E-state index in [1.54, 1.807) is 18.4 Å². The zero-order chi connectivity index (χ0) is 13.2. The minimum atomic E-state index is 0.148. The Balaban J connectivity index is 1.96. The molecular formula is C16H14O2S. The molecule has 1 aliphatic rings. The van der Waals surface area contributed by atoms with E-state index in [0.717, 1.165) is 40.9 Å². The second-order valence-corrected chi connectivity index (χ2v) is 5.36. The average Bonchev–Trinajstić information content (AvgIpc) is 2.94. The zero-order valence-electron chi connectivity index (χ0n) is 10.7. The van der Waals surface area contributed by atoms with Crippen molar-refractivity contribution in [2.24, 2.45) is 0 Å². The van der Waals surface area contributed by atoms with Crippen molar-refractivity contribution in [1.82, 2.24) is 0 Å². The number of carbonyl (C=O) groups is 1. The first-order valence-electron chi connectivity index (χ1n) is 6.22. The summed E-state index contributed by atoms with van der Waals surface area (Å²) in [7, 11) is 1.65. The Labute approximate surface area is 116 Å². The van der Waals surface area contributed by atoms with Gasteiger partial charge in [-0.1, -0.05) is 0 Å². The molecule has 19 heavy (non-hydrogen) atoms. The van der Waals surface area contributed by atoms with Crippen LogP contribution >= 0.6 is 11.3 Å². The molecule has 0 saturated carbocycles. The quantitative estimate of drug-likeness (QED) is 0.772. The molecule has 0 radical (unpaired) electrons. The van der Waals surface area contributed by atoms with Crippen LogP contribution in [0.25, 0.3) is 6.08 Å². The lowest BCUT2D eigenvalue weighted by Crippen LogP contribution is -2.14. The molecule has 0 atom stereocenters. The number of Topliss-reactive ketones (excluding diaryl/α,β-unsaturated/α-hetero) is 1. The summed E-state index contributed by atoms with van der Waals surface area (Å²) in [4.78, 5) is 12.4. The summed E-state index contributed by atoms with van der Waals surface area (Å²) in [5.74, 6) is 0.965. The van der Waals surface area contributed by atoms with E-state index in [-0.39, 0.29) is 5.78 Å². The molecule has 1 aromatic carbocycles. The molecule has 0 saturated heterocycles. The topological polar surface area (TPSA) is 26.3 Å². The van der Waals surface area contributed by atoms with Gasteiger partial charge in [-0.05, 0) is 65.1 Å². The molecule has 3 heteroatoms. The zero-order valence-corrected chi connectivity index (χ0v) is 11.5. The fourth-order valence-corrected chi connectivity index (χ4v) is 3.00. The minimum absolute atomic E-state index is 0.148. The number of aryl methyl sites for hydroxylation is 1. The summed E-state index contributed by atoms with van der Waals surface area (Å²) >= 11 is 1.65. The Hall–Kier alpha value is -1.87. The van der Waals surface area contributed by atoms with Gasteiger partial charge in [0.1, 0.15) is 5.75 Å². The average molecular weight is 270 g/mol. The molecule has 1 aliphatic carbocycles. The predicted octanol–water partition coefficient (Wildman–Crippen LogP) is 3.97. The van der Waals surface area contributed by atoms with E-state index >= 15 is 0 Å². The summed E-state index contributed by atoms with van der Waals surface area (Å²) in [5.41, 5.74) is 3.92. The first kappa shape index (κ1) is 12.2. The predicted molar refractivity (Wildman–Crippen MR) is 77.9 cm³/mol. The van der Waals surface area contributed by atoms with E-state index in [0.29, 0.717) is 0 Å². The monoisotopic (exact) mass is 270 g/mol. The van der Waals surface area contributed by atoms with E-state index in [4.69, 9.17) is 4.74 Å². The van der Waals surface area contributed by atoms with Gasteiger partial charge < -0.3 is 4.74 Å². The molecule has 3 rings (SSSR count). The lowest BCUT2D eigenvalue weighted by atomic mass is 9.86. The highest BCUT2D eigenvalue weighted by Gasteiger charge is 2.22. The maximum absolute atomic E-state index is 12.4. The number of carbonyl (C=O) groups excluding carboxylic acids is 1. The third-order valence-electron chi connectivity index (χ3n) is 3.40. The molecule has 1 heterocycles. The third kappa shape index (κ3) is 2.34. The Morgan fingerprint density at radius 1 is 1.26 bits per heavy atom. The van der Waals surface area contributed by atoms with E-state index in [1.807, 2.05) is 35.7 Å². The fourth-order valence-electron chi connectivity index (χ4n) is 2.38. The van der Waals surface area contributed by atoms with Gasteiger partial charge in [0.2, 0.25) is 0 Å². The van der Waals surface area contributed by atoms with Crippen LogP contribution in [0.1, 0.15) is 27.9 Å². The number of ketones is 1. The molecule has 0 aliphatic heterocycles. The van der Waals surface area contributed by atoms with Crippen LogP contribution in [0.3, 0.4) is 0 Å². The summed E-state index contributed by atoms with van der Waals surface area (Å²) in [5, 5.41) is 4.09. The Morgan fingerprint density at radius 3 is 2.89 bits per heavy atom. The second-order valence-electron chi connectivity index (χ2n) is 4.58. The molecule has 0 spiro atoms. The first-order valence-corrected chi connectivity index (χ1v) is 7.16. The maximum atomic E-state index is 12.4. The Kier molecular flexibility index (Phi) is 3.22. The molecule has 0 amide bonds. The minimum Gasteiger partial charge on any atom is -0.497 e. The standard InChI is InChI=1S/C16H14O2S/c1-18-14-4-5-15-12(9-14)2-3-13(16(15)17)8-11-6-7-19-10-11/h4-10H,2-3H2,1H3/b13-8-. The fraction of sp³-hybridized carbons (Fsp3) is 0.188. The second kappa shape index (κ2) is 5.02. The highest BCUT2D eigenvalue weighted by Crippen LogP contribution is 2.29. The van der Waals surface area contributed by atoms with E-state index < -0.39 is 0 Å². The van der Waals surface area contributed by atoms with Gasteiger partial charge in [0.05, 0.1) is 7.11 Å².